The van der Waals surface area contributed by atoms with Crippen molar-refractivity contribution in [1.29, 1.82) is 0 Å². The molecule has 0 radical (unpaired) electrons. The fraction of sp³-hybridized carbons (Fsp3) is 0.188. The number of nitrogens with two attached hydrogens (primary N) is 1. The van der Waals surface area contributed by atoms with Crippen LogP contribution in [0.25, 0.3) is 0 Å². The van der Waals surface area contributed by atoms with E-state index in [1.165, 1.54) is 13.2 Å². The minimum Gasteiger partial charge on any atom is -0.492 e. The van der Waals surface area contributed by atoms with Crippen LogP contribution in [0.4, 0.5) is 5.69 Å². The van der Waals surface area contributed by atoms with Crippen molar-refractivity contribution >= 4 is 17.6 Å². The van der Waals surface area contributed by atoms with Crippen molar-refractivity contribution in [2.75, 3.05) is 13.7 Å². The summed E-state index contributed by atoms with van der Waals surface area (Å²) in [7, 11) is 1.25. The second-order valence-corrected chi connectivity index (χ2v) is 5.10. The molecule has 1 aromatic carbocycles. The summed E-state index contributed by atoms with van der Waals surface area (Å²) in [5.41, 5.74) is 3.69. The molecular weight excluding hydrogens is 346 g/mol. The molecule has 1 amide bonds. The number of amides is 1. The molecule has 136 valence electrons. The Bertz CT molecular complexity index is 920. The van der Waals surface area contributed by atoms with E-state index in [0.717, 1.165) is 16.8 Å². The first-order valence-electron chi connectivity index (χ1n) is 7.33. The summed E-state index contributed by atoms with van der Waals surface area (Å²) in [5, 5.41) is 10.9. The molecule has 26 heavy (non-hydrogen) atoms. The standard InChI is InChI=1S/C16H15N3O7/c1-25-16(22)10-3-2-4-12(7-10)26-6-5-18-9-11(19(23)24)8-13(14(17)20)15(18)21/h2-4,7-9H,5-6H2,1H3,(H2,17,20). The molecule has 0 saturated heterocycles. The molecule has 0 aliphatic heterocycles. The van der Waals surface area contributed by atoms with Gasteiger partial charge in [0.1, 0.15) is 17.9 Å². The molecular formula is C16H15N3O7. The summed E-state index contributed by atoms with van der Waals surface area (Å²) in [6.45, 7) is -0.104. The summed E-state index contributed by atoms with van der Waals surface area (Å²) in [5.74, 6) is -1.24. The van der Waals surface area contributed by atoms with Crippen LogP contribution in [0.5, 0.6) is 5.75 Å². The summed E-state index contributed by atoms with van der Waals surface area (Å²) in [4.78, 5) is 45.1. The number of hydrogen-bond acceptors (Lipinski definition) is 7. The molecule has 0 bridgehead atoms. The summed E-state index contributed by atoms with van der Waals surface area (Å²) in [6.07, 6.45) is 1.00. The number of carbonyl (C=O) groups is 2. The highest BCUT2D eigenvalue weighted by Gasteiger charge is 2.17. The fourth-order valence-electron chi connectivity index (χ4n) is 2.15. The molecule has 0 aliphatic carbocycles. The topological polar surface area (TPSA) is 144 Å². The Morgan fingerprint density at radius 2 is 2.04 bits per heavy atom. The van der Waals surface area contributed by atoms with E-state index in [4.69, 9.17) is 10.5 Å². The third-order valence-electron chi connectivity index (χ3n) is 3.40. The molecule has 1 heterocycles. The van der Waals surface area contributed by atoms with E-state index in [9.17, 15) is 24.5 Å². The van der Waals surface area contributed by atoms with Crippen LogP contribution in [-0.4, -0.2) is 35.1 Å². The zero-order valence-corrected chi connectivity index (χ0v) is 13.7. The zero-order chi connectivity index (χ0) is 19.3. The Kier molecular flexibility index (Phi) is 5.68. The lowest BCUT2D eigenvalue weighted by molar-refractivity contribution is -0.385. The maximum atomic E-state index is 12.1. The van der Waals surface area contributed by atoms with Crippen molar-refractivity contribution in [2.24, 2.45) is 5.73 Å². The van der Waals surface area contributed by atoms with Gasteiger partial charge in [0.05, 0.1) is 30.3 Å². The number of pyridine rings is 1. The van der Waals surface area contributed by atoms with Gasteiger partial charge in [0.2, 0.25) is 0 Å². The molecule has 0 fully saturated rings. The van der Waals surface area contributed by atoms with Crippen LogP contribution >= 0.6 is 0 Å². The normalized spacial score (nSPS) is 10.2. The number of primary amides is 1. The van der Waals surface area contributed by atoms with E-state index in [-0.39, 0.29) is 18.7 Å². The lowest BCUT2D eigenvalue weighted by Gasteiger charge is -2.10. The molecule has 0 spiro atoms. The van der Waals surface area contributed by atoms with Gasteiger partial charge in [-0.2, -0.15) is 0 Å². The summed E-state index contributed by atoms with van der Waals surface area (Å²) in [6, 6.07) is 7.02. The second kappa shape index (κ2) is 7.92. The molecule has 0 unspecified atom stereocenters. The Morgan fingerprint density at radius 3 is 2.65 bits per heavy atom. The number of methoxy groups -OCH3 is 1. The van der Waals surface area contributed by atoms with Gasteiger partial charge in [-0.25, -0.2) is 4.79 Å². The van der Waals surface area contributed by atoms with Crippen molar-refractivity contribution in [1.82, 2.24) is 4.57 Å². The van der Waals surface area contributed by atoms with Gasteiger partial charge in [-0.3, -0.25) is 19.7 Å². The van der Waals surface area contributed by atoms with Gasteiger partial charge in [-0.15, -0.1) is 0 Å². The summed E-state index contributed by atoms with van der Waals surface area (Å²) >= 11 is 0. The van der Waals surface area contributed by atoms with Crippen molar-refractivity contribution in [3.8, 4) is 5.75 Å². The largest absolute Gasteiger partial charge is 0.492 e. The Balaban J connectivity index is 2.17. The maximum absolute atomic E-state index is 12.1. The van der Waals surface area contributed by atoms with Crippen LogP contribution in [0.15, 0.2) is 41.3 Å². The molecule has 1 aromatic heterocycles. The number of aromatic nitrogens is 1. The zero-order valence-electron chi connectivity index (χ0n) is 13.7. The van der Waals surface area contributed by atoms with Gasteiger partial charge >= 0.3 is 5.97 Å². The number of ether oxygens (including phenoxy) is 2. The highest BCUT2D eigenvalue weighted by atomic mass is 16.6. The first-order valence-corrected chi connectivity index (χ1v) is 7.33. The number of esters is 1. The lowest BCUT2D eigenvalue weighted by Crippen LogP contribution is -2.31. The summed E-state index contributed by atoms with van der Waals surface area (Å²) < 4.78 is 11.0. The van der Waals surface area contributed by atoms with E-state index in [1.807, 2.05) is 0 Å². The van der Waals surface area contributed by atoms with E-state index in [0.29, 0.717) is 5.75 Å². The first-order chi connectivity index (χ1) is 12.3. The van der Waals surface area contributed by atoms with Crippen LogP contribution < -0.4 is 16.0 Å². The van der Waals surface area contributed by atoms with E-state index < -0.39 is 33.6 Å². The minimum absolute atomic E-state index is 0.0378. The minimum atomic E-state index is -1.06. The van der Waals surface area contributed by atoms with Crippen LogP contribution in [0.2, 0.25) is 0 Å². The molecule has 0 aliphatic rings. The van der Waals surface area contributed by atoms with Gasteiger partial charge < -0.3 is 19.8 Å². The van der Waals surface area contributed by atoms with Gasteiger partial charge in [-0.1, -0.05) is 6.07 Å². The van der Waals surface area contributed by atoms with Gasteiger partial charge in [0.25, 0.3) is 17.2 Å². The van der Waals surface area contributed by atoms with Crippen molar-refractivity contribution in [3.05, 3.63) is 68.1 Å². The predicted molar refractivity (Wildman–Crippen MR) is 89.2 cm³/mol. The Hall–Kier alpha value is -3.69. The van der Waals surface area contributed by atoms with Crippen LogP contribution in [0.1, 0.15) is 20.7 Å². The van der Waals surface area contributed by atoms with Gasteiger partial charge in [0, 0.05) is 6.07 Å². The SMILES string of the molecule is COC(=O)c1cccc(OCCn2cc([N+](=O)[O-])cc(C(N)=O)c2=O)c1. The molecule has 2 rings (SSSR count). The lowest BCUT2D eigenvalue weighted by atomic mass is 10.2. The average molecular weight is 361 g/mol. The van der Waals surface area contributed by atoms with Crippen LogP contribution in [0.3, 0.4) is 0 Å². The number of benzene rings is 1. The highest BCUT2D eigenvalue weighted by Crippen LogP contribution is 2.14. The van der Waals surface area contributed by atoms with Crippen LogP contribution in [-0.2, 0) is 11.3 Å². The van der Waals surface area contributed by atoms with Crippen LogP contribution in [0, 0.1) is 10.1 Å². The van der Waals surface area contributed by atoms with Gasteiger partial charge in [-0.05, 0) is 18.2 Å². The quantitative estimate of drug-likeness (QED) is 0.434. The van der Waals surface area contributed by atoms with E-state index >= 15 is 0 Å². The third-order valence-corrected chi connectivity index (χ3v) is 3.40. The van der Waals surface area contributed by atoms with Crippen molar-refractivity contribution in [3.63, 3.8) is 0 Å². The molecule has 10 heteroatoms. The number of rotatable bonds is 7. The average Bonchev–Trinajstić information content (AvgIpc) is 2.62. The fourth-order valence-corrected chi connectivity index (χ4v) is 2.15. The molecule has 0 atom stereocenters. The monoisotopic (exact) mass is 361 g/mol. The van der Waals surface area contributed by atoms with Crippen molar-refractivity contribution in [2.45, 2.75) is 6.54 Å². The Labute approximate surface area is 146 Å². The predicted octanol–water partition coefficient (Wildman–Crippen LogP) is 0.721. The van der Waals surface area contributed by atoms with E-state index in [2.05, 4.69) is 4.74 Å². The molecule has 0 saturated carbocycles. The third kappa shape index (κ3) is 4.23. The number of hydrogen-bond donors (Lipinski definition) is 1. The van der Waals surface area contributed by atoms with Crippen molar-refractivity contribution < 1.29 is 24.0 Å². The second-order valence-electron chi connectivity index (χ2n) is 5.10. The number of nitro groups is 1. The van der Waals surface area contributed by atoms with Gasteiger partial charge in [0.15, 0.2) is 0 Å². The first kappa shape index (κ1) is 18.6. The molecule has 10 nitrogen and oxygen atoms in total. The maximum Gasteiger partial charge on any atom is 0.337 e. The number of carbonyl (C=O) groups excluding carboxylic acids is 2. The highest BCUT2D eigenvalue weighted by molar-refractivity contribution is 5.93. The van der Waals surface area contributed by atoms with E-state index in [1.54, 1.807) is 18.2 Å². The Morgan fingerprint density at radius 1 is 1.31 bits per heavy atom. The molecule has 2 N–H and O–H groups in total. The smallest absolute Gasteiger partial charge is 0.337 e. The molecule has 2 aromatic rings. The number of nitrogens with zero attached hydrogens (tertiary/aromatic N) is 2.